The molecule has 1 saturated heterocycles. The van der Waals surface area contributed by atoms with E-state index in [4.69, 9.17) is 0 Å². The lowest BCUT2D eigenvalue weighted by Gasteiger charge is -2.22. The third-order valence-electron chi connectivity index (χ3n) is 5.79. The molecule has 2 N–H and O–H groups in total. The van der Waals surface area contributed by atoms with E-state index in [0.29, 0.717) is 16.4 Å². The summed E-state index contributed by atoms with van der Waals surface area (Å²) in [6.45, 7) is 6.59. The average Bonchev–Trinajstić information content (AvgIpc) is 3.31. The van der Waals surface area contributed by atoms with Crippen LogP contribution < -0.4 is 10.6 Å². The first-order valence-electron chi connectivity index (χ1n) is 11.0. The van der Waals surface area contributed by atoms with Crippen molar-refractivity contribution < 1.29 is 23.2 Å². The minimum absolute atomic E-state index is 0.304. The summed E-state index contributed by atoms with van der Waals surface area (Å²) in [6, 6.07) is 12.6. The molecular formula is C25H25F2N5O3. The zero-order chi connectivity index (χ0) is 25.5. The standard InChI is InChI=1S/C25H25F2N5O3/c1-24(2,3)19-13-20(32(30-19)16-8-6-5-7-9-16)28-21(33)14-31-22(34)25(4,29-23(31)35)17-12-15(26)10-11-18(17)27/h5-13H,14H2,1-4H3,(H,28,33)(H,29,35). The van der Waals surface area contributed by atoms with Crippen LogP contribution in [0.25, 0.3) is 5.69 Å². The van der Waals surface area contributed by atoms with Gasteiger partial charge in [0.2, 0.25) is 5.91 Å². The zero-order valence-corrected chi connectivity index (χ0v) is 19.7. The van der Waals surface area contributed by atoms with E-state index in [1.165, 1.54) is 6.92 Å². The number of carbonyl (C=O) groups is 3. The SMILES string of the molecule is CC(C)(C)c1cc(NC(=O)CN2C(=O)NC(C)(c3cc(F)ccc3F)C2=O)n(-c2ccccc2)n1. The maximum absolute atomic E-state index is 14.4. The number of urea groups is 1. The van der Waals surface area contributed by atoms with Gasteiger partial charge in [-0.3, -0.25) is 14.5 Å². The molecule has 2 heterocycles. The maximum atomic E-state index is 14.4. The van der Waals surface area contributed by atoms with Crippen LogP contribution in [0.1, 0.15) is 39.0 Å². The van der Waals surface area contributed by atoms with E-state index in [1.807, 2.05) is 51.1 Å². The van der Waals surface area contributed by atoms with E-state index in [0.717, 1.165) is 23.9 Å². The summed E-state index contributed by atoms with van der Waals surface area (Å²) >= 11 is 0. The topological polar surface area (TPSA) is 96.3 Å². The second-order valence-corrected chi connectivity index (χ2v) is 9.53. The van der Waals surface area contributed by atoms with E-state index in [2.05, 4.69) is 15.7 Å². The van der Waals surface area contributed by atoms with Crippen LogP contribution in [0.15, 0.2) is 54.6 Å². The lowest BCUT2D eigenvalue weighted by Crippen LogP contribution is -2.42. The van der Waals surface area contributed by atoms with Crippen molar-refractivity contribution in [2.45, 2.75) is 38.6 Å². The van der Waals surface area contributed by atoms with Crippen LogP contribution in [0.2, 0.25) is 0 Å². The minimum atomic E-state index is -1.85. The lowest BCUT2D eigenvalue weighted by atomic mass is 9.91. The van der Waals surface area contributed by atoms with Crippen molar-refractivity contribution in [3.8, 4) is 5.69 Å². The van der Waals surface area contributed by atoms with Crippen LogP contribution in [-0.4, -0.2) is 39.1 Å². The summed E-state index contributed by atoms with van der Waals surface area (Å²) in [7, 11) is 0. The van der Waals surface area contributed by atoms with Crippen molar-refractivity contribution in [1.29, 1.82) is 0 Å². The first-order chi connectivity index (χ1) is 16.4. The number of imide groups is 1. The number of hydrogen-bond acceptors (Lipinski definition) is 4. The highest BCUT2D eigenvalue weighted by Crippen LogP contribution is 2.31. The largest absolute Gasteiger partial charge is 0.325 e. The summed E-state index contributed by atoms with van der Waals surface area (Å²) in [5.74, 6) is -2.78. The summed E-state index contributed by atoms with van der Waals surface area (Å²) in [6.07, 6.45) is 0. The van der Waals surface area contributed by atoms with Crippen molar-refractivity contribution in [2.24, 2.45) is 0 Å². The number of amides is 4. The Morgan fingerprint density at radius 2 is 1.77 bits per heavy atom. The van der Waals surface area contributed by atoms with Crippen molar-refractivity contribution in [3.05, 3.63) is 77.5 Å². The van der Waals surface area contributed by atoms with Crippen LogP contribution in [0, 0.1) is 11.6 Å². The number of aromatic nitrogens is 2. The smallest absolute Gasteiger partial charge is 0.319 e. The van der Waals surface area contributed by atoms with Gasteiger partial charge in [0, 0.05) is 17.0 Å². The molecule has 2 aromatic carbocycles. The Kier molecular flexibility index (Phi) is 5.92. The van der Waals surface area contributed by atoms with Crippen LogP contribution in [0.5, 0.6) is 0 Å². The second kappa shape index (κ2) is 8.61. The number of benzene rings is 2. The Morgan fingerprint density at radius 3 is 2.43 bits per heavy atom. The Morgan fingerprint density at radius 1 is 1.09 bits per heavy atom. The number of nitrogens with one attached hydrogen (secondary N) is 2. The fourth-order valence-electron chi connectivity index (χ4n) is 3.83. The van der Waals surface area contributed by atoms with Crippen molar-refractivity contribution in [2.75, 3.05) is 11.9 Å². The van der Waals surface area contributed by atoms with Gasteiger partial charge in [-0.05, 0) is 37.3 Å². The van der Waals surface area contributed by atoms with E-state index in [-0.39, 0.29) is 11.0 Å². The Balaban J connectivity index is 1.58. The van der Waals surface area contributed by atoms with Crippen LogP contribution in [-0.2, 0) is 20.5 Å². The summed E-state index contributed by atoms with van der Waals surface area (Å²) in [5.41, 5.74) is -1.05. The monoisotopic (exact) mass is 481 g/mol. The Labute approximate surface area is 200 Å². The molecule has 1 aliphatic rings. The predicted octanol–water partition coefficient (Wildman–Crippen LogP) is 3.85. The van der Waals surface area contributed by atoms with Crippen LogP contribution in [0.3, 0.4) is 0 Å². The number of nitrogens with zero attached hydrogens (tertiary/aromatic N) is 3. The second-order valence-electron chi connectivity index (χ2n) is 9.53. The number of para-hydroxylation sites is 1. The fraction of sp³-hybridized carbons (Fsp3) is 0.280. The molecular weight excluding hydrogens is 456 g/mol. The van der Waals surface area contributed by atoms with Gasteiger partial charge in [-0.25, -0.2) is 18.3 Å². The first kappa shape index (κ1) is 24.1. The van der Waals surface area contributed by atoms with E-state index < -0.39 is 41.6 Å². The number of hydrogen-bond donors (Lipinski definition) is 2. The highest BCUT2D eigenvalue weighted by molar-refractivity contribution is 6.10. The quantitative estimate of drug-likeness (QED) is 0.541. The van der Waals surface area contributed by atoms with Gasteiger partial charge in [-0.2, -0.15) is 5.10 Å². The Bertz CT molecular complexity index is 1320. The third kappa shape index (κ3) is 4.51. The number of carbonyl (C=O) groups excluding carboxylic acids is 3. The van der Waals surface area contributed by atoms with Crippen molar-refractivity contribution in [1.82, 2.24) is 20.0 Å². The van der Waals surface area contributed by atoms with Crippen molar-refractivity contribution >= 4 is 23.7 Å². The molecule has 1 fully saturated rings. The predicted molar refractivity (Wildman–Crippen MR) is 125 cm³/mol. The highest BCUT2D eigenvalue weighted by Gasteiger charge is 2.51. The van der Waals surface area contributed by atoms with Gasteiger partial charge in [0.15, 0.2) is 0 Å². The molecule has 0 radical (unpaired) electrons. The molecule has 3 aromatic rings. The molecule has 1 aliphatic heterocycles. The molecule has 1 atom stereocenters. The number of anilines is 1. The third-order valence-corrected chi connectivity index (χ3v) is 5.79. The molecule has 35 heavy (non-hydrogen) atoms. The molecule has 4 rings (SSSR count). The zero-order valence-electron chi connectivity index (χ0n) is 19.7. The number of rotatable bonds is 5. The molecule has 0 spiro atoms. The normalized spacial score (nSPS) is 18.1. The summed E-state index contributed by atoms with van der Waals surface area (Å²) in [5, 5.41) is 9.70. The molecule has 182 valence electrons. The van der Waals surface area contributed by atoms with Crippen LogP contribution >= 0.6 is 0 Å². The molecule has 0 bridgehead atoms. The minimum Gasteiger partial charge on any atom is -0.319 e. The summed E-state index contributed by atoms with van der Waals surface area (Å²) in [4.78, 5) is 39.2. The highest BCUT2D eigenvalue weighted by atomic mass is 19.1. The van der Waals surface area contributed by atoms with Gasteiger partial charge >= 0.3 is 6.03 Å². The molecule has 8 nitrogen and oxygen atoms in total. The van der Waals surface area contributed by atoms with Crippen molar-refractivity contribution in [3.63, 3.8) is 0 Å². The van der Waals surface area contributed by atoms with Gasteiger partial charge < -0.3 is 10.6 Å². The van der Waals surface area contributed by atoms with Gasteiger partial charge in [0.1, 0.15) is 29.5 Å². The molecule has 1 aromatic heterocycles. The molecule has 0 aliphatic carbocycles. The molecule has 4 amide bonds. The van der Waals surface area contributed by atoms with E-state index in [1.54, 1.807) is 10.7 Å². The molecule has 1 unspecified atom stereocenters. The van der Waals surface area contributed by atoms with Gasteiger partial charge in [-0.15, -0.1) is 0 Å². The van der Waals surface area contributed by atoms with E-state index >= 15 is 0 Å². The first-order valence-corrected chi connectivity index (χ1v) is 11.0. The van der Waals surface area contributed by atoms with Crippen LogP contribution in [0.4, 0.5) is 19.4 Å². The van der Waals surface area contributed by atoms with E-state index in [9.17, 15) is 23.2 Å². The van der Waals surface area contributed by atoms with Gasteiger partial charge in [0.05, 0.1) is 11.4 Å². The molecule has 0 saturated carbocycles. The number of halogens is 2. The summed E-state index contributed by atoms with van der Waals surface area (Å²) < 4.78 is 29.7. The van der Waals surface area contributed by atoms with Gasteiger partial charge in [0.25, 0.3) is 5.91 Å². The Hall–Kier alpha value is -4.08. The fourth-order valence-corrected chi connectivity index (χ4v) is 3.83. The average molecular weight is 482 g/mol. The lowest BCUT2D eigenvalue weighted by molar-refractivity contribution is -0.133. The van der Waals surface area contributed by atoms with Gasteiger partial charge in [-0.1, -0.05) is 39.0 Å². The molecule has 10 heteroatoms. The maximum Gasteiger partial charge on any atom is 0.325 e.